The van der Waals surface area contributed by atoms with Gasteiger partial charge in [-0.2, -0.15) is 0 Å². The molecule has 0 aliphatic carbocycles. The van der Waals surface area contributed by atoms with Crippen molar-refractivity contribution in [2.75, 3.05) is 26.3 Å². The number of rotatable bonds is 2. The first-order chi connectivity index (χ1) is 12.1. The van der Waals surface area contributed by atoms with E-state index in [-0.39, 0.29) is 35.2 Å². The summed E-state index contributed by atoms with van der Waals surface area (Å²) in [7, 11) is 0. The summed E-state index contributed by atoms with van der Waals surface area (Å²) in [5, 5.41) is 0.298. The monoisotopic (exact) mass is 362 g/mol. The van der Waals surface area contributed by atoms with Crippen LogP contribution in [-0.4, -0.2) is 59.9 Å². The lowest BCUT2D eigenvalue weighted by Gasteiger charge is -2.27. The maximum absolute atomic E-state index is 12.7. The van der Waals surface area contributed by atoms with E-state index in [1.807, 2.05) is 0 Å². The first-order valence-corrected chi connectivity index (χ1v) is 8.98. The predicted molar refractivity (Wildman–Crippen MR) is 90.5 cm³/mol. The minimum Gasteiger partial charge on any atom is -0.381 e. The minimum absolute atomic E-state index is 0.0101. The van der Waals surface area contributed by atoms with Gasteiger partial charge in [0.25, 0.3) is 11.8 Å². The van der Waals surface area contributed by atoms with E-state index in [9.17, 15) is 14.4 Å². The lowest BCUT2D eigenvalue weighted by Crippen LogP contribution is -2.43. The quantitative estimate of drug-likeness (QED) is 0.754. The van der Waals surface area contributed by atoms with Crippen LogP contribution in [0.5, 0.6) is 0 Å². The highest BCUT2D eigenvalue weighted by Crippen LogP contribution is 2.33. The van der Waals surface area contributed by atoms with Crippen molar-refractivity contribution in [1.82, 2.24) is 9.80 Å². The molecule has 0 saturated carbocycles. The van der Waals surface area contributed by atoms with Gasteiger partial charge in [0.2, 0.25) is 5.91 Å². The largest absolute Gasteiger partial charge is 0.381 e. The van der Waals surface area contributed by atoms with Crippen LogP contribution in [0.2, 0.25) is 5.02 Å². The third-order valence-electron chi connectivity index (χ3n) is 5.31. The van der Waals surface area contributed by atoms with Gasteiger partial charge in [-0.25, -0.2) is 0 Å². The van der Waals surface area contributed by atoms with E-state index < -0.39 is 0 Å². The molecular formula is C18H19ClN2O4. The minimum atomic E-state index is -0.351. The Labute approximate surface area is 150 Å². The maximum Gasteiger partial charge on any atom is 0.263 e. The topological polar surface area (TPSA) is 66.9 Å². The molecule has 0 N–H and O–H groups in total. The first kappa shape index (κ1) is 16.5. The number of amides is 3. The van der Waals surface area contributed by atoms with Gasteiger partial charge < -0.3 is 9.64 Å². The molecule has 6 nitrogen and oxygen atoms in total. The standard InChI is InChI=1S/C18H19ClN2O4/c19-14-3-1-2-13-15(14)18(24)21(17(13)23)12-4-7-20(10-12)16(22)11-5-8-25-9-6-11/h1-3,11-12H,4-10H2. The second kappa shape index (κ2) is 6.42. The number of likely N-dealkylation sites (tertiary alicyclic amines) is 1. The molecule has 1 aromatic rings. The lowest BCUT2D eigenvalue weighted by molar-refractivity contribution is -0.137. The SMILES string of the molecule is O=C(C1CCOCC1)N1CCC(N2C(=O)c3cccc(Cl)c3C2=O)C1. The third kappa shape index (κ3) is 2.73. The molecule has 1 aromatic carbocycles. The van der Waals surface area contributed by atoms with Gasteiger partial charge in [-0.05, 0) is 31.4 Å². The van der Waals surface area contributed by atoms with Gasteiger partial charge in [0, 0.05) is 32.2 Å². The van der Waals surface area contributed by atoms with E-state index in [2.05, 4.69) is 0 Å². The number of hydrogen-bond acceptors (Lipinski definition) is 4. The molecule has 2 saturated heterocycles. The molecule has 3 aliphatic heterocycles. The fraction of sp³-hybridized carbons (Fsp3) is 0.500. The fourth-order valence-electron chi connectivity index (χ4n) is 3.95. The van der Waals surface area contributed by atoms with Crippen molar-refractivity contribution < 1.29 is 19.1 Å². The number of ether oxygens (including phenoxy) is 1. The Morgan fingerprint density at radius 3 is 2.60 bits per heavy atom. The number of fused-ring (bicyclic) bond motifs is 1. The van der Waals surface area contributed by atoms with E-state index in [1.165, 1.54) is 4.90 Å². The van der Waals surface area contributed by atoms with Crippen molar-refractivity contribution in [3.05, 3.63) is 34.3 Å². The summed E-state index contributed by atoms with van der Waals surface area (Å²) in [4.78, 5) is 41.1. The summed E-state index contributed by atoms with van der Waals surface area (Å²) in [6, 6.07) is 4.63. The highest BCUT2D eigenvalue weighted by Gasteiger charge is 2.44. The second-order valence-electron chi connectivity index (χ2n) is 6.76. The van der Waals surface area contributed by atoms with Crippen LogP contribution < -0.4 is 0 Å². The van der Waals surface area contributed by atoms with Gasteiger partial charge >= 0.3 is 0 Å². The second-order valence-corrected chi connectivity index (χ2v) is 7.16. The van der Waals surface area contributed by atoms with Gasteiger partial charge in [-0.1, -0.05) is 17.7 Å². The predicted octanol–water partition coefficient (Wildman–Crippen LogP) is 1.96. The molecular weight excluding hydrogens is 344 g/mol. The molecule has 0 spiro atoms. The van der Waals surface area contributed by atoms with Crippen LogP contribution in [0.3, 0.4) is 0 Å². The molecule has 0 bridgehead atoms. The van der Waals surface area contributed by atoms with Crippen LogP contribution in [0.1, 0.15) is 40.0 Å². The normalized spacial score (nSPS) is 24.1. The zero-order chi connectivity index (χ0) is 17.6. The van der Waals surface area contributed by atoms with E-state index in [1.54, 1.807) is 23.1 Å². The zero-order valence-electron chi connectivity index (χ0n) is 13.7. The lowest BCUT2D eigenvalue weighted by atomic mass is 9.99. The van der Waals surface area contributed by atoms with Crippen molar-refractivity contribution >= 4 is 29.3 Å². The van der Waals surface area contributed by atoms with Crippen LogP contribution in [0.15, 0.2) is 18.2 Å². The van der Waals surface area contributed by atoms with Crippen LogP contribution in [-0.2, 0) is 9.53 Å². The van der Waals surface area contributed by atoms with E-state index in [4.69, 9.17) is 16.3 Å². The highest BCUT2D eigenvalue weighted by molar-refractivity contribution is 6.37. The Hall–Kier alpha value is -1.92. The van der Waals surface area contributed by atoms with Crippen molar-refractivity contribution in [3.63, 3.8) is 0 Å². The van der Waals surface area contributed by atoms with Gasteiger partial charge in [-0.15, -0.1) is 0 Å². The molecule has 0 aromatic heterocycles. The molecule has 3 aliphatic rings. The number of benzene rings is 1. The Kier molecular flexibility index (Phi) is 4.25. The van der Waals surface area contributed by atoms with Crippen molar-refractivity contribution in [3.8, 4) is 0 Å². The molecule has 1 unspecified atom stereocenters. The molecule has 4 rings (SSSR count). The van der Waals surface area contributed by atoms with Gasteiger partial charge in [0.15, 0.2) is 0 Å². The maximum atomic E-state index is 12.7. The van der Waals surface area contributed by atoms with Crippen LogP contribution in [0, 0.1) is 5.92 Å². The summed E-state index contributed by atoms with van der Waals surface area (Å²) < 4.78 is 5.31. The highest BCUT2D eigenvalue weighted by atomic mass is 35.5. The number of nitrogens with zero attached hydrogens (tertiary/aromatic N) is 2. The zero-order valence-corrected chi connectivity index (χ0v) is 14.5. The van der Waals surface area contributed by atoms with Crippen molar-refractivity contribution in [1.29, 1.82) is 0 Å². The van der Waals surface area contributed by atoms with Gasteiger partial charge in [0.05, 0.1) is 22.2 Å². The Bertz CT molecular complexity index is 745. The summed E-state index contributed by atoms with van der Waals surface area (Å²) in [6.07, 6.45) is 2.09. The van der Waals surface area contributed by atoms with Crippen molar-refractivity contribution in [2.24, 2.45) is 5.92 Å². The smallest absolute Gasteiger partial charge is 0.263 e. The molecule has 7 heteroatoms. The Morgan fingerprint density at radius 1 is 1.12 bits per heavy atom. The number of halogens is 1. The fourth-order valence-corrected chi connectivity index (χ4v) is 4.20. The summed E-state index contributed by atoms with van der Waals surface area (Å²) in [5.74, 6) is -0.562. The molecule has 0 radical (unpaired) electrons. The van der Waals surface area contributed by atoms with Crippen LogP contribution >= 0.6 is 11.6 Å². The Balaban J connectivity index is 1.49. The molecule has 1 atom stereocenters. The molecule has 3 amide bonds. The molecule has 25 heavy (non-hydrogen) atoms. The summed E-state index contributed by atoms with van der Waals surface area (Å²) >= 11 is 6.11. The summed E-state index contributed by atoms with van der Waals surface area (Å²) in [6.45, 7) is 2.20. The van der Waals surface area contributed by atoms with E-state index in [0.717, 1.165) is 12.8 Å². The first-order valence-electron chi connectivity index (χ1n) is 8.61. The van der Waals surface area contributed by atoms with Crippen LogP contribution in [0.25, 0.3) is 0 Å². The number of carbonyl (C=O) groups excluding carboxylic acids is 3. The van der Waals surface area contributed by atoms with Crippen molar-refractivity contribution in [2.45, 2.75) is 25.3 Å². The van der Waals surface area contributed by atoms with E-state index in [0.29, 0.717) is 43.3 Å². The van der Waals surface area contributed by atoms with E-state index >= 15 is 0 Å². The Morgan fingerprint density at radius 2 is 1.88 bits per heavy atom. The summed E-state index contributed by atoms with van der Waals surface area (Å²) in [5.41, 5.74) is 0.634. The number of hydrogen-bond donors (Lipinski definition) is 0. The molecule has 2 fully saturated rings. The average molecular weight is 363 g/mol. The number of imide groups is 1. The molecule has 132 valence electrons. The molecule has 3 heterocycles. The number of carbonyl (C=O) groups is 3. The average Bonchev–Trinajstić information content (AvgIpc) is 3.19. The van der Waals surface area contributed by atoms with Crippen LogP contribution in [0.4, 0.5) is 0 Å². The third-order valence-corrected chi connectivity index (χ3v) is 5.62. The van der Waals surface area contributed by atoms with Gasteiger partial charge in [-0.3, -0.25) is 19.3 Å². The van der Waals surface area contributed by atoms with Gasteiger partial charge in [0.1, 0.15) is 0 Å².